The van der Waals surface area contributed by atoms with E-state index in [4.69, 9.17) is 10.5 Å². The molecule has 9 nitrogen and oxygen atoms in total. The molecule has 0 aliphatic carbocycles. The maximum Gasteiger partial charge on any atom is 0.332 e. The minimum atomic E-state index is -0.847. The molecular formula is C21H25N3O6. The van der Waals surface area contributed by atoms with Gasteiger partial charge in [0.2, 0.25) is 5.78 Å². The first-order valence-corrected chi connectivity index (χ1v) is 9.55. The summed E-state index contributed by atoms with van der Waals surface area (Å²) in [7, 11) is 1.25. The Kier molecular flexibility index (Phi) is 7.46. The second-order valence-electron chi connectivity index (χ2n) is 6.93. The van der Waals surface area contributed by atoms with Gasteiger partial charge in [-0.2, -0.15) is 0 Å². The lowest BCUT2D eigenvalue weighted by molar-refractivity contribution is -0.142. The summed E-state index contributed by atoms with van der Waals surface area (Å²) >= 11 is 0. The fraction of sp³-hybridized carbons (Fsp3) is 0.381. The molecule has 0 bridgehead atoms. The van der Waals surface area contributed by atoms with Crippen LogP contribution in [-0.2, 0) is 23.1 Å². The molecule has 0 spiro atoms. The molecule has 0 fully saturated rings. The second-order valence-corrected chi connectivity index (χ2v) is 6.93. The molecule has 1 heterocycles. The minimum Gasteiger partial charge on any atom is -0.457 e. The number of ether oxygens (including phenoxy) is 1. The van der Waals surface area contributed by atoms with Gasteiger partial charge in [0, 0.05) is 25.6 Å². The van der Waals surface area contributed by atoms with Crippen LogP contribution in [0, 0.1) is 6.92 Å². The molecule has 2 aromatic rings. The number of ketones is 2. The molecule has 0 amide bonds. The van der Waals surface area contributed by atoms with Crippen LogP contribution in [0.5, 0.6) is 0 Å². The number of carbonyl (C=O) groups is 3. The maximum absolute atomic E-state index is 12.4. The zero-order valence-corrected chi connectivity index (χ0v) is 17.3. The average molecular weight is 415 g/mol. The highest BCUT2D eigenvalue weighted by Gasteiger charge is 2.22. The Morgan fingerprint density at radius 3 is 2.27 bits per heavy atom. The Bertz CT molecular complexity index is 1080. The first-order chi connectivity index (χ1) is 14.2. The van der Waals surface area contributed by atoms with E-state index in [2.05, 4.69) is 0 Å². The number of carbonyl (C=O) groups excluding carboxylic acids is 3. The van der Waals surface area contributed by atoms with E-state index >= 15 is 0 Å². The Balaban J connectivity index is 2.02. The van der Waals surface area contributed by atoms with E-state index in [0.717, 1.165) is 14.7 Å². The van der Waals surface area contributed by atoms with Gasteiger partial charge in [0.15, 0.2) is 12.4 Å². The molecule has 1 aromatic heterocycles. The lowest BCUT2D eigenvalue weighted by atomic mass is 10.1. The Hall–Kier alpha value is -3.49. The molecule has 9 heteroatoms. The summed E-state index contributed by atoms with van der Waals surface area (Å²) in [6, 6.07) is 6.95. The number of hydrogen-bond donors (Lipinski definition) is 1. The number of esters is 1. The van der Waals surface area contributed by atoms with Crippen LogP contribution in [0.25, 0.3) is 0 Å². The van der Waals surface area contributed by atoms with Crippen molar-refractivity contribution in [3.63, 3.8) is 0 Å². The predicted molar refractivity (Wildman–Crippen MR) is 111 cm³/mol. The predicted octanol–water partition coefficient (Wildman–Crippen LogP) is 1.24. The van der Waals surface area contributed by atoms with Gasteiger partial charge in [-0.25, -0.2) is 4.79 Å². The van der Waals surface area contributed by atoms with E-state index in [1.54, 1.807) is 24.3 Å². The van der Waals surface area contributed by atoms with Gasteiger partial charge in [-0.05, 0) is 13.3 Å². The SMILES string of the molecule is CCCn1c(N)c(C(=O)COC(=O)CCC(=O)c2ccc(C)cc2)c(=O)n(C)c1=O. The molecule has 2 rings (SSSR count). The van der Waals surface area contributed by atoms with Crippen LogP contribution in [0.2, 0.25) is 0 Å². The number of rotatable bonds is 9. The monoisotopic (exact) mass is 415 g/mol. The minimum absolute atomic E-state index is 0.0681. The van der Waals surface area contributed by atoms with Gasteiger partial charge in [0.1, 0.15) is 11.4 Å². The third-order valence-corrected chi connectivity index (χ3v) is 4.60. The summed E-state index contributed by atoms with van der Waals surface area (Å²) in [5.74, 6) is -2.03. The zero-order chi connectivity index (χ0) is 22.4. The van der Waals surface area contributed by atoms with E-state index in [9.17, 15) is 24.0 Å². The third kappa shape index (κ3) is 5.11. The highest BCUT2D eigenvalue weighted by Crippen LogP contribution is 2.10. The number of anilines is 1. The number of nitrogens with zero attached hydrogens (tertiary/aromatic N) is 2. The van der Waals surface area contributed by atoms with E-state index in [-0.39, 0.29) is 31.0 Å². The van der Waals surface area contributed by atoms with Crippen molar-refractivity contribution >= 4 is 23.4 Å². The van der Waals surface area contributed by atoms with Gasteiger partial charge in [-0.3, -0.25) is 28.3 Å². The van der Waals surface area contributed by atoms with Crippen molar-refractivity contribution in [3.05, 3.63) is 61.8 Å². The molecule has 1 aromatic carbocycles. The lowest BCUT2D eigenvalue weighted by Crippen LogP contribution is -2.43. The molecule has 30 heavy (non-hydrogen) atoms. The second kappa shape index (κ2) is 9.82. The van der Waals surface area contributed by atoms with Crippen LogP contribution >= 0.6 is 0 Å². The quantitative estimate of drug-likeness (QED) is 0.481. The van der Waals surface area contributed by atoms with Crippen LogP contribution in [0.15, 0.2) is 33.9 Å². The summed E-state index contributed by atoms with van der Waals surface area (Å²) < 4.78 is 6.84. The fourth-order valence-electron chi connectivity index (χ4n) is 2.87. The fourth-order valence-corrected chi connectivity index (χ4v) is 2.87. The zero-order valence-electron chi connectivity index (χ0n) is 17.3. The van der Waals surface area contributed by atoms with E-state index in [0.29, 0.717) is 12.0 Å². The van der Waals surface area contributed by atoms with Crippen LogP contribution < -0.4 is 17.0 Å². The Morgan fingerprint density at radius 1 is 1.03 bits per heavy atom. The summed E-state index contributed by atoms with van der Waals surface area (Å²) in [6.07, 6.45) is 0.296. The van der Waals surface area contributed by atoms with Gasteiger partial charge in [-0.1, -0.05) is 36.8 Å². The highest BCUT2D eigenvalue weighted by atomic mass is 16.5. The normalized spacial score (nSPS) is 10.6. The Morgan fingerprint density at radius 2 is 1.67 bits per heavy atom. The topological polar surface area (TPSA) is 130 Å². The van der Waals surface area contributed by atoms with Crippen molar-refractivity contribution in [2.45, 2.75) is 39.7 Å². The standard InChI is InChI=1S/C21H25N3O6/c1-4-11-24-19(22)18(20(28)23(3)21(24)29)16(26)12-30-17(27)10-9-15(25)14-7-5-13(2)6-8-14/h5-8H,4,9-12,22H2,1-3H3. The van der Waals surface area contributed by atoms with Gasteiger partial charge in [-0.15, -0.1) is 0 Å². The number of aryl methyl sites for hydroxylation is 1. The molecular weight excluding hydrogens is 390 g/mol. The van der Waals surface area contributed by atoms with Gasteiger partial charge < -0.3 is 10.5 Å². The molecule has 0 aliphatic rings. The van der Waals surface area contributed by atoms with Crippen molar-refractivity contribution < 1.29 is 19.1 Å². The lowest BCUT2D eigenvalue weighted by Gasteiger charge is -2.13. The van der Waals surface area contributed by atoms with Crippen molar-refractivity contribution in [2.75, 3.05) is 12.3 Å². The van der Waals surface area contributed by atoms with Crippen molar-refractivity contribution in [3.8, 4) is 0 Å². The van der Waals surface area contributed by atoms with Crippen molar-refractivity contribution in [1.82, 2.24) is 9.13 Å². The molecule has 160 valence electrons. The molecule has 0 saturated carbocycles. The van der Waals surface area contributed by atoms with Crippen LogP contribution in [-0.4, -0.2) is 33.3 Å². The summed E-state index contributed by atoms with van der Waals surface area (Å²) in [6.45, 7) is 3.25. The molecule has 0 atom stereocenters. The van der Waals surface area contributed by atoms with Gasteiger partial charge in [0.25, 0.3) is 5.56 Å². The van der Waals surface area contributed by atoms with Gasteiger partial charge in [0.05, 0.1) is 6.42 Å². The molecule has 0 radical (unpaired) electrons. The summed E-state index contributed by atoms with van der Waals surface area (Å²) in [4.78, 5) is 60.9. The van der Waals surface area contributed by atoms with E-state index in [1.807, 2.05) is 13.8 Å². The first-order valence-electron chi connectivity index (χ1n) is 9.55. The number of nitrogens with two attached hydrogens (primary N) is 1. The molecule has 0 unspecified atom stereocenters. The largest absolute Gasteiger partial charge is 0.457 e. The molecule has 0 saturated heterocycles. The highest BCUT2D eigenvalue weighted by molar-refractivity contribution is 6.01. The molecule has 2 N–H and O–H groups in total. The first kappa shape index (κ1) is 22.8. The van der Waals surface area contributed by atoms with Crippen LogP contribution in [0.4, 0.5) is 5.82 Å². The average Bonchev–Trinajstić information content (AvgIpc) is 2.72. The smallest absolute Gasteiger partial charge is 0.332 e. The summed E-state index contributed by atoms with van der Waals surface area (Å²) in [5, 5.41) is 0. The van der Waals surface area contributed by atoms with Gasteiger partial charge >= 0.3 is 11.7 Å². The number of hydrogen-bond acceptors (Lipinski definition) is 7. The van der Waals surface area contributed by atoms with Crippen LogP contribution in [0.1, 0.15) is 52.5 Å². The van der Waals surface area contributed by atoms with E-state index < -0.39 is 35.2 Å². The van der Waals surface area contributed by atoms with E-state index in [1.165, 1.54) is 7.05 Å². The third-order valence-electron chi connectivity index (χ3n) is 4.60. The number of aromatic nitrogens is 2. The van der Waals surface area contributed by atoms with Crippen LogP contribution in [0.3, 0.4) is 0 Å². The summed E-state index contributed by atoms with van der Waals surface area (Å²) in [5.41, 5.74) is 5.50. The van der Waals surface area contributed by atoms with Crippen molar-refractivity contribution in [1.29, 1.82) is 0 Å². The van der Waals surface area contributed by atoms with Crippen molar-refractivity contribution in [2.24, 2.45) is 7.05 Å². The number of Topliss-reactive ketones (excluding diaryl/α,β-unsaturated/α-hetero) is 2. The molecule has 0 aliphatic heterocycles. The Labute approximate surface area is 173 Å². The number of benzene rings is 1. The maximum atomic E-state index is 12.4. The number of nitrogen functional groups attached to an aromatic ring is 1.